The Morgan fingerprint density at radius 2 is 1.50 bits per heavy atom. The van der Waals surface area contributed by atoms with E-state index in [1.54, 1.807) is 66.7 Å². The molecule has 5 nitrogen and oxygen atoms in total. The molecule has 2 aromatic carbocycles. The second kappa shape index (κ2) is 9.09. The predicted octanol–water partition coefficient (Wildman–Crippen LogP) is 5.12. The average Bonchev–Trinajstić information content (AvgIpc) is 3.12. The maximum Gasteiger partial charge on any atom is 0.400 e. The van der Waals surface area contributed by atoms with Gasteiger partial charge >= 0.3 is 12.3 Å². The Hall–Kier alpha value is -3.87. The molecule has 1 atom stereocenters. The van der Waals surface area contributed by atoms with Crippen LogP contribution in [-0.2, 0) is 15.0 Å². The second-order valence-corrected chi connectivity index (χ2v) is 6.38. The summed E-state index contributed by atoms with van der Waals surface area (Å²) in [6.45, 7) is 1.37. The number of fused-ring (bicyclic) bond motifs is 1. The van der Waals surface area contributed by atoms with Gasteiger partial charge in [0.15, 0.2) is 5.92 Å². The van der Waals surface area contributed by atoms with Crippen LogP contribution in [0.3, 0.4) is 0 Å². The van der Waals surface area contributed by atoms with Crippen LogP contribution in [0.25, 0.3) is 22.2 Å². The summed E-state index contributed by atoms with van der Waals surface area (Å²) in [6.07, 6.45) is -4.96. The highest BCUT2D eigenvalue weighted by Gasteiger charge is 2.61. The number of halogens is 3. The van der Waals surface area contributed by atoms with Gasteiger partial charge < -0.3 is 4.98 Å². The highest BCUT2D eigenvalue weighted by molar-refractivity contribution is 5.92. The van der Waals surface area contributed by atoms with Crippen LogP contribution in [0.1, 0.15) is 18.9 Å². The van der Waals surface area contributed by atoms with Crippen LogP contribution < -0.4 is 0 Å². The number of nitrogens with one attached hydrogen (secondary N) is 1. The summed E-state index contributed by atoms with van der Waals surface area (Å²) in [6, 6.07) is 18.5. The molecule has 3 rings (SSSR count). The molecule has 0 saturated heterocycles. The number of aromatic nitrogens is 1. The van der Waals surface area contributed by atoms with E-state index < -0.39 is 23.9 Å². The molecule has 152 valence electrons. The van der Waals surface area contributed by atoms with E-state index in [4.69, 9.17) is 9.59 Å². The molecule has 0 spiro atoms. The first-order valence-electron chi connectivity index (χ1n) is 8.84. The van der Waals surface area contributed by atoms with Gasteiger partial charge in [0, 0.05) is 16.5 Å². The Morgan fingerprint density at radius 3 is 2.00 bits per heavy atom. The summed E-state index contributed by atoms with van der Waals surface area (Å²) in [4.78, 5) is 19.3. The lowest BCUT2D eigenvalue weighted by molar-refractivity contribution is -0.197. The van der Waals surface area contributed by atoms with Crippen LogP contribution in [-0.4, -0.2) is 17.3 Å². The first kappa shape index (κ1) is 22.4. The van der Waals surface area contributed by atoms with Gasteiger partial charge in [0.2, 0.25) is 0 Å². The standard InChI is InChI=1S/C21H16F3N3.CO2/c1-2-20(21(22,23)24,15(12-25)13-26)18-16-10-6-7-11-17(16)27-19(18)14-8-4-3-5-9-14;2-1-3/h3-11,15,27H,2H2,1H3;. The molecule has 1 N–H and O–H groups in total. The first-order chi connectivity index (χ1) is 14.3. The Bertz CT molecular complexity index is 1120. The summed E-state index contributed by atoms with van der Waals surface area (Å²) in [5.41, 5.74) is -1.27. The van der Waals surface area contributed by atoms with Crippen molar-refractivity contribution in [3.8, 4) is 23.4 Å². The van der Waals surface area contributed by atoms with Crippen LogP contribution >= 0.6 is 0 Å². The largest absolute Gasteiger partial charge is 0.400 e. The summed E-state index contributed by atoms with van der Waals surface area (Å²) >= 11 is 0. The van der Waals surface area contributed by atoms with E-state index in [1.165, 1.54) is 6.92 Å². The zero-order valence-corrected chi connectivity index (χ0v) is 15.8. The van der Waals surface area contributed by atoms with Crippen LogP contribution in [0.15, 0.2) is 54.6 Å². The lowest BCUT2D eigenvalue weighted by atomic mass is 9.67. The molecule has 8 heteroatoms. The monoisotopic (exact) mass is 411 g/mol. The second-order valence-electron chi connectivity index (χ2n) is 6.38. The molecule has 0 aliphatic heterocycles. The lowest BCUT2D eigenvalue weighted by Gasteiger charge is -2.36. The number of para-hydroxylation sites is 1. The fourth-order valence-corrected chi connectivity index (χ4v) is 3.71. The van der Waals surface area contributed by atoms with E-state index in [0.29, 0.717) is 16.5 Å². The number of alkyl halides is 3. The van der Waals surface area contributed by atoms with E-state index in [0.717, 1.165) is 0 Å². The maximum atomic E-state index is 14.5. The molecule has 1 unspecified atom stereocenters. The van der Waals surface area contributed by atoms with Crippen molar-refractivity contribution in [2.75, 3.05) is 0 Å². The normalized spacial score (nSPS) is 12.8. The van der Waals surface area contributed by atoms with Crippen LogP contribution in [0.2, 0.25) is 0 Å². The molecule has 0 aliphatic rings. The van der Waals surface area contributed by atoms with Crippen molar-refractivity contribution in [1.29, 1.82) is 10.5 Å². The van der Waals surface area contributed by atoms with Gasteiger partial charge in [-0.3, -0.25) is 0 Å². The minimum atomic E-state index is -4.79. The van der Waals surface area contributed by atoms with Gasteiger partial charge in [-0.25, -0.2) is 0 Å². The predicted molar refractivity (Wildman–Crippen MR) is 101 cm³/mol. The molecule has 30 heavy (non-hydrogen) atoms. The van der Waals surface area contributed by atoms with Crippen LogP contribution in [0.5, 0.6) is 0 Å². The van der Waals surface area contributed by atoms with Gasteiger partial charge in [0.1, 0.15) is 5.41 Å². The highest BCUT2D eigenvalue weighted by Crippen LogP contribution is 2.53. The molecule has 0 aliphatic carbocycles. The van der Waals surface area contributed by atoms with E-state index in [9.17, 15) is 23.7 Å². The number of rotatable bonds is 4. The van der Waals surface area contributed by atoms with Gasteiger partial charge in [-0.15, -0.1) is 0 Å². The SMILES string of the molecule is CCC(c1c(-c2ccccc2)[nH]c2ccccc12)(C(C#N)C#N)C(F)(F)F.O=C=O. The molecule has 0 radical (unpaired) electrons. The minimum Gasteiger partial charge on any atom is -0.354 e. The van der Waals surface area contributed by atoms with Crippen LogP contribution in [0.4, 0.5) is 13.2 Å². The first-order valence-corrected chi connectivity index (χ1v) is 8.84. The fraction of sp³-hybridized carbons (Fsp3) is 0.227. The zero-order chi connectivity index (χ0) is 22.4. The van der Waals surface area contributed by atoms with Crippen molar-refractivity contribution in [2.24, 2.45) is 5.92 Å². The van der Waals surface area contributed by atoms with Gasteiger partial charge in [-0.05, 0) is 18.1 Å². The number of benzene rings is 2. The van der Waals surface area contributed by atoms with E-state index in [1.807, 2.05) is 0 Å². The third-order valence-corrected chi connectivity index (χ3v) is 5.03. The van der Waals surface area contributed by atoms with Gasteiger partial charge in [-0.1, -0.05) is 55.5 Å². The zero-order valence-electron chi connectivity index (χ0n) is 15.8. The summed E-state index contributed by atoms with van der Waals surface area (Å²) in [5.74, 6) is -1.87. The Labute approximate surface area is 170 Å². The third-order valence-electron chi connectivity index (χ3n) is 5.03. The van der Waals surface area contributed by atoms with E-state index in [2.05, 4.69) is 4.98 Å². The van der Waals surface area contributed by atoms with Gasteiger partial charge in [0.05, 0.1) is 17.8 Å². The van der Waals surface area contributed by atoms with Crippen molar-refractivity contribution in [3.05, 3.63) is 60.2 Å². The van der Waals surface area contributed by atoms with Crippen LogP contribution in [0, 0.1) is 28.6 Å². The molecular formula is C22H16F3N3O2. The molecule has 1 aromatic heterocycles. The van der Waals surface area contributed by atoms with Gasteiger partial charge in [-0.2, -0.15) is 33.3 Å². The molecule has 0 bridgehead atoms. The minimum absolute atomic E-state index is 0.0487. The molecule has 0 saturated carbocycles. The average molecular weight is 411 g/mol. The molecule has 0 fully saturated rings. The number of aromatic amines is 1. The van der Waals surface area contributed by atoms with Crippen molar-refractivity contribution in [2.45, 2.75) is 24.9 Å². The maximum absolute atomic E-state index is 14.5. The third kappa shape index (κ3) is 3.69. The van der Waals surface area contributed by atoms with Crippen molar-refractivity contribution in [1.82, 2.24) is 4.98 Å². The number of nitrogens with zero attached hydrogens (tertiary/aromatic N) is 2. The van der Waals surface area contributed by atoms with E-state index >= 15 is 0 Å². The summed E-state index contributed by atoms with van der Waals surface area (Å²) < 4.78 is 43.4. The topological polar surface area (TPSA) is 97.5 Å². The molecule has 0 amide bonds. The van der Waals surface area contributed by atoms with E-state index in [-0.39, 0.29) is 17.4 Å². The Morgan fingerprint density at radius 1 is 0.967 bits per heavy atom. The van der Waals surface area contributed by atoms with Crippen molar-refractivity contribution in [3.63, 3.8) is 0 Å². The number of nitriles is 2. The molecular weight excluding hydrogens is 395 g/mol. The smallest absolute Gasteiger partial charge is 0.354 e. The number of hydrogen-bond acceptors (Lipinski definition) is 4. The van der Waals surface area contributed by atoms with Crippen molar-refractivity contribution >= 4 is 17.1 Å². The quantitative estimate of drug-likeness (QED) is 0.644. The summed E-state index contributed by atoms with van der Waals surface area (Å²) in [7, 11) is 0. The Balaban J connectivity index is 0.00000101. The number of hydrogen-bond donors (Lipinski definition) is 1. The molecule has 3 aromatic rings. The number of carbonyl (C=O) groups excluding carboxylic acids is 2. The highest BCUT2D eigenvalue weighted by atomic mass is 19.4. The molecule has 1 heterocycles. The Kier molecular flexibility index (Phi) is 6.79. The summed E-state index contributed by atoms with van der Waals surface area (Å²) in [5, 5.41) is 19.2. The lowest BCUT2D eigenvalue weighted by Crippen LogP contribution is -2.47. The van der Waals surface area contributed by atoms with Crippen molar-refractivity contribution < 1.29 is 22.8 Å². The number of H-pyrrole nitrogens is 1. The van der Waals surface area contributed by atoms with Gasteiger partial charge in [0.25, 0.3) is 0 Å². The fourth-order valence-electron chi connectivity index (χ4n) is 3.71.